The second-order valence-electron chi connectivity index (χ2n) is 6.29. The molecule has 1 fully saturated rings. The van der Waals surface area contributed by atoms with Gasteiger partial charge in [0.05, 0.1) is 12.7 Å². The van der Waals surface area contributed by atoms with Crippen LogP contribution in [-0.4, -0.2) is 27.5 Å². The van der Waals surface area contributed by atoms with Crippen molar-refractivity contribution in [2.24, 2.45) is 0 Å². The molecule has 27 heavy (non-hydrogen) atoms. The third-order valence-electron chi connectivity index (χ3n) is 4.20. The van der Waals surface area contributed by atoms with Crippen LogP contribution in [-0.2, 0) is 21.8 Å². The Morgan fingerprint density at radius 1 is 1.30 bits per heavy atom. The number of hydrogen-bond donors (Lipinski definition) is 0. The minimum Gasteiger partial charge on any atom is -0.454 e. The predicted molar refractivity (Wildman–Crippen MR) is 96.1 cm³/mol. The van der Waals surface area contributed by atoms with Gasteiger partial charge in [-0.15, -0.1) is 0 Å². The number of ether oxygens (including phenoxy) is 3. The SMILES string of the molecule is CC1COC(Cn2cncn2)(c2ccc(Oc3ccc(Cl)cc3F)cc2)O1. The molecular weight excluding hydrogens is 373 g/mol. The smallest absolute Gasteiger partial charge is 0.215 e. The summed E-state index contributed by atoms with van der Waals surface area (Å²) < 4.78 is 33.2. The summed E-state index contributed by atoms with van der Waals surface area (Å²) in [6.07, 6.45) is 3.02. The van der Waals surface area contributed by atoms with Crippen molar-refractivity contribution >= 4 is 11.6 Å². The van der Waals surface area contributed by atoms with Gasteiger partial charge < -0.3 is 14.2 Å². The standard InChI is InChI=1S/C19H17ClFN3O3/c1-13-9-25-19(27-13,10-24-12-22-11-23-24)14-2-5-16(6-3-14)26-18-7-4-15(20)8-17(18)21/h2-8,11-13H,9-10H2,1H3. The lowest BCUT2D eigenvalue weighted by Gasteiger charge is -2.28. The lowest BCUT2D eigenvalue weighted by atomic mass is 10.1. The van der Waals surface area contributed by atoms with Crippen molar-refractivity contribution in [3.63, 3.8) is 0 Å². The normalized spacial score (nSPS) is 22.1. The summed E-state index contributed by atoms with van der Waals surface area (Å²) in [6, 6.07) is 11.4. The summed E-state index contributed by atoms with van der Waals surface area (Å²) in [6.45, 7) is 2.79. The Hall–Kier alpha value is -2.48. The van der Waals surface area contributed by atoms with Crippen molar-refractivity contribution in [2.75, 3.05) is 6.61 Å². The predicted octanol–water partition coefficient (Wildman–Crippen LogP) is 4.15. The molecule has 0 saturated carbocycles. The summed E-state index contributed by atoms with van der Waals surface area (Å²) >= 11 is 5.76. The van der Waals surface area contributed by atoms with E-state index in [1.807, 2.05) is 19.1 Å². The van der Waals surface area contributed by atoms with Gasteiger partial charge in [-0.2, -0.15) is 5.10 Å². The highest BCUT2D eigenvalue weighted by Gasteiger charge is 2.42. The Morgan fingerprint density at radius 3 is 2.74 bits per heavy atom. The third kappa shape index (κ3) is 3.80. The molecule has 1 aliphatic heterocycles. The molecule has 0 radical (unpaired) electrons. The van der Waals surface area contributed by atoms with E-state index in [1.165, 1.54) is 18.5 Å². The second kappa shape index (κ2) is 7.26. The molecule has 3 aromatic rings. The molecule has 1 saturated heterocycles. The maximum Gasteiger partial charge on any atom is 0.215 e. The largest absolute Gasteiger partial charge is 0.454 e. The Balaban J connectivity index is 1.57. The van der Waals surface area contributed by atoms with E-state index in [1.54, 1.807) is 29.2 Å². The molecule has 2 aromatic carbocycles. The van der Waals surface area contributed by atoms with Crippen molar-refractivity contribution in [3.05, 3.63) is 71.5 Å². The van der Waals surface area contributed by atoms with E-state index in [2.05, 4.69) is 10.1 Å². The molecule has 140 valence electrons. The summed E-state index contributed by atoms with van der Waals surface area (Å²) in [4.78, 5) is 3.96. The van der Waals surface area contributed by atoms with E-state index in [-0.39, 0.29) is 11.9 Å². The first-order chi connectivity index (χ1) is 13.0. The van der Waals surface area contributed by atoms with Crippen LogP contribution in [0.5, 0.6) is 11.5 Å². The van der Waals surface area contributed by atoms with E-state index in [0.717, 1.165) is 5.56 Å². The van der Waals surface area contributed by atoms with Crippen LogP contribution >= 0.6 is 11.6 Å². The van der Waals surface area contributed by atoms with Gasteiger partial charge in [0.25, 0.3) is 0 Å². The van der Waals surface area contributed by atoms with Crippen molar-refractivity contribution in [1.29, 1.82) is 0 Å². The van der Waals surface area contributed by atoms with E-state index in [0.29, 0.717) is 23.9 Å². The van der Waals surface area contributed by atoms with Gasteiger partial charge in [0, 0.05) is 10.6 Å². The number of benzene rings is 2. The van der Waals surface area contributed by atoms with Crippen molar-refractivity contribution in [3.8, 4) is 11.5 Å². The number of nitrogens with zero attached hydrogens (tertiary/aromatic N) is 3. The number of aromatic nitrogens is 3. The van der Waals surface area contributed by atoms with Crippen LogP contribution in [0.2, 0.25) is 5.02 Å². The lowest BCUT2D eigenvalue weighted by molar-refractivity contribution is -0.186. The van der Waals surface area contributed by atoms with Gasteiger partial charge in [-0.05, 0) is 49.4 Å². The number of rotatable bonds is 5. The molecule has 0 aliphatic carbocycles. The Labute approximate surface area is 160 Å². The minimum atomic E-state index is -0.961. The van der Waals surface area contributed by atoms with Crippen LogP contribution in [0.1, 0.15) is 12.5 Å². The van der Waals surface area contributed by atoms with Crippen LogP contribution in [0, 0.1) is 5.82 Å². The van der Waals surface area contributed by atoms with Gasteiger partial charge in [-0.3, -0.25) is 0 Å². The molecule has 8 heteroatoms. The summed E-state index contributed by atoms with van der Waals surface area (Å²) in [7, 11) is 0. The molecule has 6 nitrogen and oxygen atoms in total. The maximum absolute atomic E-state index is 13.9. The van der Waals surface area contributed by atoms with E-state index < -0.39 is 11.6 Å². The first-order valence-electron chi connectivity index (χ1n) is 8.42. The molecule has 1 aliphatic rings. The zero-order valence-corrected chi connectivity index (χ0v) is 15.3. The lowest BCUT2D eigenvalue weighted by Crippen LogP contribution is -2.33. The topological polar surface area (TPSA) is 58.4 Å². The van der Waals surface area contributed by atoms with Gasteiger partial charge in [0.1, 0.15) is 24.9 Å². The van der Waals surface area contributed by atoms with E-state index in [9.17, 15) is 4.39 Å². The molecule has 0 spiro atoms. The van der Waals surface area contributed by atoms with Crippen LogP contribution in [0.15, 0.2) is 55.1 Å². The van der Waals surface area contributed by atoms with Crippen LogP contribution < -0.4 is 4.74 Å². The fourth-order valence-corrected chi connectivity index (χ4v) is 3.12. The summed E-state index contributed by atoms with van der Waals surface area (Å²) in [5, 5.41) is 4.45. The third-order valence-corrected chi connectivity index (χ3v) is 4.43. The highest BCUT2D eigenvalue weighted by atomic mass is 35.5. The van der Waals surface area contributed by atoms with Gasteiger partial charge in [0.15, 0.2) is 11.6 Å². The fraction of sp³-hybridized carbons (Fsp3) is 0.263. The van der Waals surface area contributed by atoms with Crippen LogP contribution in [0.3, 0.4) is 0 Å². The average Bonchev–Trinajstić information content (AvgIpc) is 3.29. The van der Waals surface area contributed by atoms with Crippen molar-refractivity contribution in [1.82, 2.24) is 14.8 Å². The maximum atomic E-state index is 13.9. The van der Waals surface area contributed by atoms with Gasteiger partial charge in [0.2, 0.25) is 5.79 Å². The summed E-state index contributed by atoms with van der Waals surface area (Å²) in [5.74, 6) is -0.893. The molecule has 2 atom stereocenters. The van der Waals surface area contributed by atoms with Crippen molar-refractivity contribution in [2.45, 2.75) is 25.4 Å². The molecule has 2 unspecified atom stereocenters. The quantitative estimate of drug-likeness (QED) is 0.656. The van der Waals surface area contributed by atoms with Gasteiger partial charge in [-0.25, -0.2) is 14.1 Å². The first-order valence-corrected chi connectivity index (χ1v) is 8.79. The van der Waals surface area contributed by atoms with E-state index >= 15 is 0 Å². The fourth-order valence-electron chi connectivity index (χ4n) is 2.96. The van der Waals surface area contributed by atoms with Crippen LogP contribution in [0.4, 0.5) is 4.39 Å². The van der Waals surface area contributed by atoms with Gasteiger partial charge >= 0.3 is 0 Å². The molecule has 4 rings (SSSR count). The molecule has 2 heterocycles. The second-order valence-corrected chi connectivity index (χ2v) is 6.72. The molecule has 1 aromatic heterocycles. The van der Waals surface area contributed by atoms with E-state index in [4.69, 9.17) is 25.8 Å². The summed E-state index contributed by atoms with van der Waals surface area (Å²) in [5.41, 5.74) is 0.811. The number of halogens is 2. The molecule has 0 bridgehead atoms. The Morgan fingerprint density at radius 2 is 2.11 bits per heavy atom. The molecular formula is C19H17ClFN3O3. The Kier molecular flexibility index (Phi) is 4.82. The van der Waals surface area contributed by atoms with Gasteiger partial charge in [-0.1, -0.05) is 11.6 Å². The first kappa shape index (κ1) is 17.9. The highest BCUT2D eigenvalue weighted by molar-refractivity contribution is 6.30. The van der Waals surface area contributed by atoms with Crippen molar-refractivity contribution < 1.29 is 18.6 Å². The average molecular weight is 390 g/mol. The zero-order chi connectivity index (χ0) is 18.9. The molecule has 0 N–H and O–H groups in total. The number of hydrogen-bond acceptors (Lipinski definition) is 5. The molecule has 0 amide bonds. The Bertz CT molecular complexity index is 920. The monoisotopic (exact) mass is 389 g/mol. The minimum absolute atomic E-state index is 0.0485. The van der Waals surface area contributed by atoms with Crippen LogP contribution in [0.25, 0.3) is 0 Å². The zero-order valence-electron chi connectivity index (χ0n) is 14.5. The highest BCUT2D eigenvalue weighted by Crippen LogP contribution is 2.37.